The fraction of sp³-hybridized carbons (Fsp3) is 0.588. The maximum atomic E-state index is 12.0. The Morgan fingerprint density at radius 2 is 1.87 bits per heavy atom. The molecule has 6 nitrogen and oxygen atoms in total. The highest BCUT2D eigenvalue weighted by molar-refractivity contribution is 5.74. The molecule has 2 N–H and O–H groups in total. The molecule has 2 fully saturated rings. The van der Waals surface area contributed by atoms with Crippen LogP contribution in [-0.4, -0.2) is 62.0 Å². The van der Waals surface area contributed by atoms with E-state index in [9.17, 15) is 4.79 Å². The third kappa shape index (κ3) is 3.52. The summed E-state index contributed by atoms with van der Waals surface area (Å²) in [7, 11) is 0. The van der Waals surface area contributed by atoms with Gasteiger partial charge in [-0.15, -0.1) is 0 Å². The zero-order chi connectivity index (χ0) is 16.2. The van der Waals surface area contributed by atoms with Crippen molar-refractivity contribution in [3.05, 3.63) is 24.3 Å². The standard InChI is InChI=1S/C17H25N3O3/c1-2-23-16-5-3-15(4-6-16)19-9-13-11-20(12-14(13)10-19)17(22)18-7-8-21/h3-6,13-14,21H,2,7-12H2,1H3,(H,18,22)/t13-,14+. The molecule has 0 bridgehead atoms. The van der Waals surface area contributed by atoms with Crippen molar-refractivity contribution in [3.8, 4) is 5.75 Å². The zero-order valence-electron chi connectivity index (χ0n) is 13.6. The van der Waals surface area contributed by atoms with Crippen molar-refractivity contribution in [3.63, 3.8) is 0 Å². The van der Waals surface area contributed by atoms with E-state index in [4.69, 9.17) is 9.84 Å². The minimum absolute atomic E-state index is 0.0159. The summed E-state index contributed by atoms with van der Waals surface area (Å²) >= 11 is 0. The van der Waals surface area contributed by atoms with Crippen molar-refractivity contribution in [1.29, 1.82) is 0 Å². The van der Waals surface area contributed by atoms with E-state index in [1.54, 1.807) is 0 Å². The quantitative estimate of drug-likeness (QED) is 0.855. The molecule has 1 aromatic rings. The summed E-state index contributed by atoms with van der Waals surface area (Å²) in [4.78, 5) is 16.2. The number of aliphatic hydroxyl groups is 1. The van der Waals surface area contributed by atoms with Gasteiger partial charge in [0.2, 0.25) is 0 Å². The van der Waals surface area contributed by atoms with Crippen molar-refractivity contribution in [2.45, 2.75) is 6.92 Å². The Morgan fingerprint density at radius 3 is 2.43 bits per heavy atom. The van der Waals surface area contributed by atoms with Gasteiger partial charge in [0.1, 0.15) is 5.75 Å². The largest absolute Gasteiger partial charge is 0.494 e. The number of rotatable bonds is 5. The van der Waals surface area contributed by atoms with Crippen LogP contribution in [0.1, 0.15) is 6.92 Å². The monoisotopic (exact) mass is 319 g/mol. The molecule has 3 rings (SSSR count). The van der Waals surface area contributed by atoms with Gasteiger partial charge in [-0.2, -0.15) is 0 Å². The molecular formula is C17H25N3O3. The fourth-order valence-corrected chi connectivity index (χ4v) is 3.56. The van der Waals surface area contributed by atoms with Crippen molar-refractivity contribution in [2.24, 2.45) is 11.8 Å². The van der Waals surface area contributed by atoms with Crippen LogP contribution in [0.5, 0.6) is 5.75 Å². The topological polar surface area (TPSA) is 65.0 Å². The molecule has 6 heteroatoms. The van der Waals surface area contributed by atoms with Crippen LogP contribution >= 0.6 is 0 Å². The molecule has 0 radical (unpaired) electrons. The Balaban J connectivity index is 1.54. The van der Waals surface area contributed by atoms with E-state index in [0.29, 0.717) is 25.0 Å². The Hall–Kier alpha value is -1.95. The highest BCUT2D eigenvalue weighted by Crippen LogP contribution is 2.34. The second-order valence-corrected chi connectivity index (χ2v) is 6.21. The first kappa shape index (κ1) is 15.9. The van der Waals surface area contributed by atoms with Crippen LogP contribution in [0.2, 0.25) is 0 Å². The molecule has 2 saturated heterocycles. The van der Waals surface area contributed by atoms with Crippen molar-refractivity contribution < 1.29 is 14.6 Å². The summed E-state index contributed by atoms with van der Waals surface area (Å²) in [5.74, 6) is 1.96. The Bertz CT molecular complexity index is 520. The molecule has 126 valence electrons. The van der Waals surface area contributed by atoms with E-state index in [0.717, 1.165) is 31.9 Å². The van der Waals surface area contributed by atoms with Crippen molar-refractivity contribution >= 4 is 11.7 Å². The number of ether oxygens (including phenoxy) is 1. The van der Waals surface area contributed by atoms with Gasteiger partial charge in [-0.1, -0.05) is 0 Å². The molecule has 0 aromatic heterocycles. The number of anilines is 1. The Labute approximate surface area is 137 Å². The first-order valence-corrected chi connectivity index (χ1v) is 8.32. The summed E-state index contributed by atoms with van der Waals surface area (Å²) in [6.45, 7) is 6.55. The van der Waals surface area contributed by atoms with Gasteiger partial charge >= 0.3 is 6.03 Å². The first-order valence-electron chi connectivity index (χ1n) is 8.32. The van der Waals surface area contributed by atoms with Gasteiger partial charge in [-0.25, -0.2) is 4.79 Å². The molecule has 1 aromatic carbocycles. The summed E-state index contributed by atoms with van der Waals surface area (Å²) in [5.41, 5.74) is 1.22. The van der Waals surface area contributed by atoms with Gasteiger partial charge in [0.25, 0.3) is 0 Å². The summed E-state index contributed by atoms with van der Waals surface area (Å²) in [6, 6.07) is 8.19. The minimum Gasteiger partial charge on any atom is -0.494 e. The number of nitrogens with one attached hydrogen (secondary N) is 1. The minimum atomic E-state index is -0.0546. The van der Waals surface area contributed by atoms with Crippen LogP contribution in [-0.2, 0) is 0 Å². The van der Waals surface area contributed by atoms with Crippen LogP contribution in [0.15, 0.2) is 24.3 Å². The van der Waals surface area contributed by atoms with E-state index in [1.165, 1.54) is 5.69 Å². The van der Waals surface area contributed by atoms with E-state index >= 15 is 0 Å². The van der Waals surface area contributed by atoms with Gasteiger partial charge in [0.05, 0.1) is 13.2 Å². The summed E-state index contributed by atoms with van der Waals surface area (Å²) in [5, 5.41) is 11.5. The van der Waals surface area contributed by atoms with Gasteiger partial charge in [-0.3, -0.25) is 0 Å². The normalized spacial score (nSPS) is 23.0. The SMILES string of the molecule is CCOc1ccc(N2C[C@H]3CN(C(=O)NCCO)C[C@H]3C2)cc1. The number of aliphatic hydroxyl groups excluding tert-OH is 1. The molecule has 23 heavy (non-hydrogen) atoms. The average molecular weight is 319 g/mol. The lowest BCUT2D eigenvalue weighted by Crippen LogP contribution is -2.41. The molecule has 0 unspecified atom stereocenters. The predicted octanol–water partition coefficient (Wildman–Crippen LogP) is 1.16. The molecule has 2 heterocycles. The average Bonchev–Trinajstić information content (AvgIpc) is 3.12. The van der Waals surface area contributed by atoms with Crippen LogP contribution in [0.4, 0.5) is 10.5 Å². The van der Waals surface area contributed by atoms with E-state index in [2.05, 4.69) is 22.3 Å². The number of carbonyl (C=O) groups excluding carboxylic acids is 1. The first-order chi connectivity index (χ1) is 11.2. The number of amides is 2. The van der Waals surface area contributed by atoms with E-state index < -0.39 is 0 Å². The molecule has 0 saturated carbocycles. The maximum Gasteiger partial charge on any atom is 0.317 e. The highest BCUT2D eigenvalue weighted by atomic mass is 16.5. The van der Waals surface area contributed by atoms with Crippen LogP contribution in [0.25, 0.3) is 0 Å². The second-order valence-electron chi connectivity index (χ2n) is 6.21. The number of hydrogen-bond acceptors (Lipinski definition) is 4. The number of fused-ring (bicyclic) bond motifs is 1. The van der Waals surface area contributed by atoms with E-state index in [1.807, 2.05) is 24.0 Å². The van der Waals surface area contributed by atoms with Crippen LogP contribution in [0.3, 0.4) is 0 Å². The summed E-state index contributed by atoms with van der Waals surface area (Å²) < 4.78 is 5.48. The molecule has 2 amide bonds. The zero-order valence-corrected chi connectivity index (χ0v) is 13.6. The van der Waals surface area contributed by atoms with E-state index in [-0.39, 0.29) is 12.6 Å². The van der Waals surface area contributed by atoms with Gasteiger partial charge in [0, 0.05) is 50.2 Å². The van der Waals surface area contributed by atoms with Crippen LogP contribution < -0.4 is 15.0 Å². The smallest absolute Gasteiger partial charge is 0.317 e. The van der Waals surface area contributed by atoms with Crippen molar-refractivity contribution in [2.75, 3.05) is 50.8 Å². The van der Waals surface area contributed by atoms with Crippen LogP contribution in [0, 0.1) is 11.8 Å². The lowest BCUT2D eigenvalue weighted by Gasteiger charge is -2.23. The molecule has 2 aliphatic rings. The Morgan fingerprint density at radius 1 is 1.22 bits per heavy atom. The van der Waals surface area contributed by atoms with Gasteiger partial charge < -0.3 is 25.0 Å². The maximum absolute atomic E-state index is 12.0. The molecule has 0 aliphatic carbocycles. The number of likely N-dealkylation sites (tertiary alicyclic amines) is 1. The molecule has 2 atom stereocenters. The lowest BCUT2D eigenvalue weighted by molar-refractivity contribution is 0.201. The Kier molecular flexibility index (Phi) is 4.91. The second kappa shape index (κ2) is 7.08. The third-order valence-corrected chi connectivity index (χ3v) is 4.67. The molecule has 2 aliphatic heterocycles. The number of urea groups is 1. The van der Waals surface area contributed by atoms with Gasteiger partial charge in [-0.05, 0) is 31.2 Å². The third-order valence-electron chi connectivity index (χ3n) is 4.67. The lowest BCUT2D eigenvalue weighted by atomic mass is 10.0. The fourth-order valence-electron chi connectivity index (χ4n) is 3.56. The number of carbonyl (C=O) groups is 1. The predicted molar refractivity (Wildman–Crippen MR) is 88.9 cm³/mol. The summed E-state index contributed by atoms with van der Waals surface area (Å²) in [6.07, 6.45) is 0. The number of benzene rings is 1. The number of nitrogens with zero attached hydrogens (tertiary/aromatic N) is 2. The number of hydrogen-bond donors (Lipinski definition) is 2. The molecule has 0 spiro atoms. The highest BCUT2D eigenvalue weighted by Gasteiger charge is 2.41. The van der Waals surface area contributed by atoms with Crippen molar-refractivity contribution in [1.82, 2.24) is 10.2 Å². The molecular weight excluding hydrogens is 294 g/mol. The van der Waals surface area contributed by atoms with Gasteiger partial charge in [0.15, 0.2) is 0 Å².